The molecule has 4 heterocycles. The normalized spacial score (nSPS) is 21.2. The molecule has 0 saturated carbocycles. The molecule has 14 heteroatoms. The van der Waals surface area contributed by atoms with Crippen molar-refractivity contribution in [1.82, 2.24) is 15.1 Å². The number of nitrogens with zero attached hydrogens (tertiary/aromatic N) is 5. The first-order chi connectivity index (χ1) is 25.3. The van der Waals surface area contributed by atoms with Crippen molar-refractivity contribution < 1.29 is 28.7 Å². The topological polar surface area (TPSA) is 145 Å². The number of anilines is 2. The maximum Gasteiger partial charge on any atom is 0.417 e. The van der Waals surface area contributed by atoms with Crippen LogP contribution in [0.5, 0.6) is 0 Å². The van der Waals surface area contributed by atoms with Gasteiger partial charge >= 0.3 is 6.09 Å². The van der Waals surface area contributed by atoms with Gasteiger partial charge in [0.25, 0.3) is 0 Å². The second kappa shape index (κ2) is 15.8. The zero-order valence-electron chi connectivity index (χ0n) is 28.7. The van der Waals surface area contributed by atoms with Gasteiger partial charge in [-0.25, -0.2) is 14.7 Å². The number of aliphatic imine (C=N–C) groups is 2. The first kappa shape index (κ1) is 35.0. The standard InChI is InChI=1S/C38H39N7O6S/c1-25-21-40-30(22-39-25)23-44-36(48)34(52-37(44)42-29-11-13-31(14-12-29)43-17-19-50-20-18-43)27-7-9-28(10-8-27)41-35(47)32-15-16-33(46)45(32)38(49)51-24-26-5-3-2-4-6-26/h2-14,21,32,34,39H,15-20,22-24H2,1H3,(H,41,47)/t32-,34?/m0/s1. The van der Waals surface area contributed by atoms with Crippen molar-refractivity contribution >= 4 is 63.5 Å². The monoisotopic (exact) mass is 721 g/mol. The summed E-state index contributed by atoms with van der Waals surface area (Å²) in [5.74, 6) is -1.07. The lowest BCUT2D eigenvalue weighted by Gasteiger charge is -2.28. The third-order valence-electron chi connectivity index (χ3n) is 9.15. The molecule has 3 aromatic rings. The smallest absolute Gasteiger partial charge is 0.417 e. The number of rotatable bonds is 9. The molecule has 0 aromatic heterocycles. The van der Waals surface area contributed by atoms with E-state index in [1.807, 2.05) is 61.5 Å². The van der Waals surface area contributed by atoms with Crippen LogP contribution >= 0.6 is 11.8 Å². The molecule has 0 radical (unpaired) electrons. The van der Waals surface area contributed by atoms with Gasteiger partial charge < -0.3 is 25.0 Å². The maximum atomic E-state index is 14.0. The number of benzene rings is 3. The lowest BCUT2D eigenvalue weighted by atomic mass is 10.1. The molecule has 3 saturated heterocycles. The van der Waals surface area contributed by atoms with E-state index in [1.165, 1.54) is 11.8 Å². The molecule has 3 fully saturated rings. The third-order valence-corrected chi connectivity index (χ3v) is 10.4. The van der Waals surface area contributed by atoms with Gasteiger partial charge in [0.05, 0.1) is 37.7 Å². The van der Waals surface area contributed by atoms with Crippen molar-refractivity contribution in [3.05, 3.63) is 102 Å². The number of ether oxygens (including phenoxy) is 2. The van der Waals surface area contributed by atoms with Gasteiger partial charge in [0, 0.05) is 42.8 Å². The van der Waals surface area contributed by atoms with Crippen molar-refractivity contribution in [2.45, 2.75) is 37.7 Å². The van der Waals surface area contributed by atoms with Crippen LogP contribution in [0.15, 0.2) is 101 Å². The Morgan fingerprint density at radius 2 is 1.77 bits per heavy atom. The van der Waals surface area contributed by atoms with E-state index in [4.69, 9.17) is 14.5 Å². The average Bonchev–Trinajstić information content (AvgIpc) is 3.71. The zero-order valence-corrected chi connectivity index (χ0v) is 29.5. The SMILES string of the molecule is CC1=CN=C(CN2C(=O)C(c3ccc(NC(=O)[C@@H]4CCC(=O)N4C(=O)OCc4ccccc4)cc3)SC2=Nc2ccc(N3CCOCC3)cc2)CN1. The van der Waals surface area contributed by atoms with E-state index >= 15 is 0 Å². The largest absolute Gasteiger partial charge is 0.444 e. The van der Waals surface area contributed by atoms with E-state index in [2.05, 4.69) is 20.5 Å². The first-order valence-corrected chi connectivity index (χ1v) is 18.1. The minimum absolute atomic E-state index is 0.00999. The summed E-state index contributed by atoms with van der Waals surface area (Å²) < 4.78 is 10.8. The van der Waals surface area contributed by atoms with Gasteiger partial charge in [-0.1, -0.05) is 54.2 Å². The van der Waals surface area contributed by atoms with Gasteiger partial charge in [-0.3, -0.25) is 24.3 Å². The van der Waals surface area contributed by atoms with Crippen molar-refractivity contribution in [1.29, 1.82) is 0 Å². The van der Waals surface area contributed by atoms with E-state index in [0.717, 1.165) is 51.9 Å². The van der Waals surface area contributed by atoms with Crippen LogP contribution in [0.1, 0.15) is 36.1 Å². The molecule has 7 rings (SSSR count). The van der Waals surface area contributed by atoms with Gasteiger partial charge in [0.15, 0.2) is 5.17 Å². The number of carbonyl (C=O) groups excluding carboxylic acids is 4. The van der Waals surface area contributed by atoms with Crippen molar-refractivity contribution in [2.75, 3.05) is 49.6 Å². The van der Waals surface area contributed by atoms with Crippen LogP contribution in [-0.4, -0.2) is 89.9 Å². The van der Waals surface area contributed by atoms with Crippen LogP contribution < -0.4 is 15.5 Å². The summed E-state index contributed by atoms with van der Waals surface area (Å²) in [4.78, 5) is 67.0. The summed E-state index contributed by atoms with van der Waals surface area (Å²) in [6, 6.07) is 23.1. The number of morpholine rings is 1. The Bertz CT molecular complexity index is 1910. The summed E-state index contributed by atoms with van der Waals surface area (Å²) in [6.07, 6.45) is 1.16. The number of hydrogen-bond donors (Lipinski definition) is 2. The van der Waals surface area contributed by atoms with Crippen LogP contribution in [0, 0.1) is 0 Å². The number of allylic oxidation sites excluding steroid dienone is 1. The molecule has 0 bridgehead atoms. The third kappa shape index (κ3) is 8.03. The summed E-state index contributed by atoms with van der Waals surface area (Å²) in [6.45, 7) is 5.83. The molecule has 3 aromatic carbocycles. The van der Waals surface area contributed by atoms with Gasteiger partial charge in [-0.2, -0.15) is 0 Å². The lowest BCUT2D eigenvalue weighted by molar-refractivity contribution is -0.131. The maximum absolute atomic E-state index is 14.0. The minimum atomic E-state index is -0.992. The molecule has 268 valence electrons. The van der Waals surface area contributed by atoms with E-state index in [-0.39, 0.29) is 25.4 Å². The number of nitrogens with one attached hydrogen (secondary N) is 2. The van der Waals surface area contributed by atoms with Crippen LogP contribution in [0.2, 0.25) is 0 Å². The summed E-state index contributed by atoms with van der Waals surface area (Å²) in [5, 5.41) is 6.12. The van der Waals surface area contributed by atoms with Crippen LogP contribution in [0.4, 0.5) is 21.9 Å². The minimum Gasteiger partial charge on any atom is -0.444 e. The summed E-state index contributed by atoms with van der Waals surface area (Å²) in [7, 11) is 0. The molecule has 52 heavy (non-hydrogen) atoms. The Balaban J connectivity index is 1.04. The number of amides is 4. The highest BCUT2D eigenvalue weighted by Gasteiger charge is 2.42. The molecule has 4 aliphatic rings. The molecule has 4 aliphatic heterocycles. The number of imide groups is 1. The molecule has 2 atom stereocenters. The van der Waals surface area contributed by atoms with E-state index in [0.29, 0.717) is 37.2 Å². The van der Waals surface area contributed by atoms with Gasteiger partial charge in [-0.15, -0.1) is 0 Å². The Morgan fingerprint density at radius 1 is 1.02 bits per heavy atom. The fourth-order valence-electron chi connectivity index (χ4n) is 6.28. The molecule has 4 amide bonds. The number of thioether (sulfide) groups is 1. The van der Waals surface area contributed by atoms with E-state index in [9.17, 15) is 19.2 Å². The van der Waals surface area contributed by atoms with Crippen molar-refractivity contribution in [3.8, 4) is 0 Å². The quantitative estimate of drug-likeness (QED) is 0.312. The molecule has 13 nitrogen and oxygen atoms in total. The number of amidine groups is 1. The Morgan fingerprint density at radius 3 is 2.48 bits per heavy atom. The van der Waals surface area contributed by atoms with Crippen LogP contribution in [0.3, 0.4) is 0 Å². The lowest BCUT2D eigenvalue weighted by Crippen LogP contribution is -2.45. The first-order valence-electron chi connectivity index (χ1n) is 17.2. The molecule has 0 aliphatic carbocycles. The zero-order chi connectivity index (χ0) is 36.0. The Hall–Kier alpha value is -5.47. The highest BCUT2D eigenvalue weighted by Crippen LogP contribution is 2.41. The van der Waals surface area contributed by atoms with Gasteiger partial charge in [-0.05, 0) is 60.9 Å². The van der Waals surface area contributed by atoms with Crippen molar-refractivity contribution in [3.63, 3.8) is 0 Å². The average molecular weight is 722 g/mol. The molecular formula is C38H39N7O6S. The second-order valence-electron chi connectivity index (χ2n) is 12.8. The predicted octanol–water partition coefficient (Wildman–Crippen LogP) is 5.00. The fourth-order valence-corrected chi connectivity index (χ4v) is 7.46. The highest BCUT2D eigenvalue weighted by atomic mass is 32.2. The van der Waals surface area contributed by atoms with Crippen LogP contribution in [0.25, 0.3) is 0 Å². The molecule has 2 N–H and O–H groups in total. The van der Waals surface area contributed by atoms with Gasteiger partial charge in [0.1, 0.15) is 17.9 Å². The number of hydrogen-bond acceptors (Lipinski definition) is 11. The van der Waals surface area contributed by atoms with Crippen LogP contribution in [-0.2, 0) is 30.5 Å². The summed E-state index contributed by atoms with van der Waals surface area (Å²) in [5.41, 5.74) is 5.60. The predicted molar refractivity (Wildman–Crippen MR) is 199 cm³/mol. The molecule has 0 spiro atoms. The highest BCUT2D eigenvalue weighted by molar-refractivity contribution is 8.15. The fraction of sp³-hybridized carbons (Fsp3) is 0.316. The van der Waals surface area contributed by atoms with Gasteiger partial charge in [0.2, 0.25) is 17.7 Å². The Labute approximate surface area is 305 Å². The Kier molecular flexibility index (Phi) is 10.6. The van der Waals surface area contributed by atoms with Crippen molar-refractivity contribution in [2.24, 2.45) is 9.98 Å². The second-order valence-corrected chi connectivity index (χ2v) is 13.8. The number of carbonyl (C=O) groups is 4. The van der Waals surface area contributed by atoms with E-state index in [1.54, 1.807) is 35.4 Å². The molecular weight excluding hydrogens is 683 g/mol. The number of likely N-dealkylation sites (tertiary alicyclic amines) is 1. The molecule has 1 unspecified atom stereocenters. The summed E-state index contributed by atoms with van der Waals surface area (Å²) >= 11 is 1.37. The van der Waals surface area contributed by atoms with E-state index < -0.39 is 29.2 Å².